The standard InChI is InChI=1S/C13H26O2/c1-9(2)6-11(5)8-12(13(14)15)7-10(3)4/h9-12H,6-8H2,1-5H3,(H,14,15). The van der Waals surface area contributed by atoms with Gasteiger partial charge in [0.25, 0.3) is 0 Å². The molecule has 0 bridgehead atoms. The van der Waals surface area contributed by atoms with Crippen LogP contribution in [0.2, 0.25) is 0 Å². The van der Waals surface area contributed by atoms with E-state index >= 15 is 0 Å². The van der Waals surface area contributed by atoms with Gasteiger partial charge in [0.05, 0.1) is 5.92 Å². The van der Waals surface area contributed by atoms with Gasteiger partial charge in [0.2, 0.25) is 0 Å². The molecule has 0 aliphatic carbocycles. The largest absolute Gasteiger partial charge is 0.481 e. The van der Waals surface area contributed by atoms with Crippen LogP contribution in [0.4, 0.5) is 0 Å². The highest BCUT2D eigenvalue weighted by Crippen LogP contribution is 2.24. The van der Waals surface area contributed by atoms with E-state index in [1.807, 2.05) is 0 Å². The minimum absolute atomic E-state index is 0.154. The van der Waals surface area contributed by atoms with Crippen LogP contribution in [0.1, 0.15) is 53.9 Å². The molecule has 0 aromatic carbocycles. The Morgan fingerprint density at radius 2 is 1.40 bits per heavy atom. The van der Waals surface area contributed by atoms with Crippen molar-refractivity contribution in [3.63, 3.8) is 0 Å². The van der Waals surface area contributed by atoms with Gasteiger partial charge in [-0.15, -0.1) is 0 Å². The molecule has 2 nitrogen and oxygen atoms in total. The van der Waals surface area contributed by atoms with Crippen molar-refractivity contribution in [3.05, 3.63) is 0 Å². The lowest BCUT2D eigenvalue weighted by molar-refractivity contribution is -0.143. The van der Waals surface area contributed by atoms with Crippen LogP contribution in [-0.4, -0.2) is 11.1 Å². The van der Waals surface area contributed by atoms with Crippen LogP contribution >= 0.6 is 0 Å². The Labute approximate surface area is 94.1 Å². The van der Waals surface area contributed by atoms with Gasteiger partial charge in [0, 0.05) is 0 Å². The van der Waals surface area contributed by atoms with Gasteiger partial charge in [-0.2, -0.15) is 0 Å². The Bertz CT molecular complexity index is 185. The van der Waals surface area contributed by atoms with Crippen LogP contribution in [0, 0.1) is 23.7 Å². The van der Waals surface area contributed by atoms with Gasteiger partial charge in [0.1, 0.15) is 0 Å². The van der Waals surface area contributed by atoms with Crippen LogP contribution in [0.3, 0.4) is 0 Å². The lowest BCUT2D eigenvalue weighted by atomic mass is 9.85. The second-order valence-corrected chi connectivity index (χ2v) is 5.64. The smallest absolute Gasteiger partial charge is 0.306 e. The van der Waals surface area contributed by atoms with E-state index in [4.69, 9.17) is 5.11 Å². The topological polar surface area (TPSA) is 37.3 Å². The van der Waals surface area contributed by atoms with Gasteiger partial charge in [-0.25, -0.2) is 0 Å². The predicted molar refractivity (Wildman–Crippen MR) is 63.8 cm³/mol. The first-order chi connectivity index (χ1) is 6.82. The Kier molecular flexibility index (Phi) is 6.62. The van der Waals surface area contributed by atoms with Crippen molar-refractivity contribution in [2.24, 2.45) is 23.7 Å². The highest BCUT2D eigenvalue weighted by molar-refractivity contribution is 5.69. The molecular formula is C13H26O2. The van der Waals surface area contributed by atoms with Crippen LogP contribution in [-0.2, 0) is 4.79 Å². The van der Waals surface area contributed by atoms with Crippen molar-refractivity contribution in [1.82, 2.24) is 0 Å². The first-order valence-electron chi connectivity index (χ1n) is 6.05. The van der Waals surface area contributed by atoms with Gasteiger partial charge >= 0.3 is 5.97 Å². The molecular weight excluding hydrogens is 188 g/mol. The highest BCUT2D eigenvalue weighted by Gasteiger charge is 2.21. The fourth-order valence-electron chi connectivity index (χ4n) is 2.25. The van der Waals surface area contributed by atoms with Crippen molar-refractivity contribution in [2.75, 3.05) is 0 Å². The lowest BCUT2D eigenvalue weighted by Gasteiger charge is -2.20. The summed E-state index contributed by atoms with van der Waals surface area (Å²) in [5, 5.41) is 9.11. The molecule has 0 radical (unpaired) electrons. The van der Waals surface area contributed by atoms with E-state index in [-0.39, 0.29) is 5.92 Å². The summed E-state index contributed by atoms with van der Waals surface area (Å²) in [5.41, 5.74) is 0. The number of aliphatic carboxylic acids is 1. The third-order valence-corrected chi connectivity index (χ3v) is 2.67. The predicted octanol–water partition coefficient (Wildman–Crippen LogP) is 3.81. The monoisotopic (exact) mass is 214 g/mol. The third-order valence-electron chi connectivity index (χ3n) is 2.67. The average Bonchev–Trinajstić information content (AvgIpc) is 1.99. The summed E-state index contributed by atoms with van der Waals surface area (Å²) >= 11 is 0. The Morgan fingerprint density at radius 3 is 1.73 bits per heavy atom. The van der Waals surface area contributed by atoms with Gasteiger partial charge in [0.15, 0.2) is 0 Å². The molecule has 0 saturated heterocycles. The Balaban J connectivity index is 4.10. The third kappa shape index (κ3) is 7.40. The zero-order valence-electron chi connectivity index (χ0n) is 10.8. The Morgan fingerprint density at radius 1 is 0.933 bits per heavy atom. The first kappa shape index (κ1) is 14.5. The van der Waals surface area contributed by atoms with Gasteiger partial charge in [-0.1, -0.05) is 34.6 Å². The summed E-state index contributed by atoms with van der Waals surface area (Å²) in [5.74, 6) is 0.869. The molecule has 2 heteroatoms. The summed E-state index contributed by atoms with van der Waals surface area (Å²) in [4.78, 5) is 11.1. The van der Waals surface area contributed by atoms with Gasteiger partial charge < -0.3 is 5.11 Å². The second kappa shape index (κ2) is 6.86. The summed E-state index contributed by atoms with van der Waals surface area (Å²) in [6.45, 7) is 10.7. The number of carboxylic acid groups (broad SMARTS) is 1. The summed E-state index contributed by atoms with van der Waals surface area (Å²) in [7, 11) is 0. The second-order valence-electron chi connectivity index (χ2n) is 5.64. The number of rotatable bonds is 7. The van der Waals surface area contributed by atoms with E-state index in [0.29, 0.717) is 17.8 Å². The molecule has 15 heavy (non-hydrogen) atoms. The van der Waals surface area contributed by atoms with E-state index in [1.165, 1.54) is 0 Å². The molecule has 0 spiro atoms. The van der Waals surface area contributed by atoms with E-state index in [0.717, 1.165) is 19.3 Å². The molecule has 0 rings (SSSR count). The van der Waals surface area contributed by atoms with Crippen molar-refractivity contribution < 1.29 is 9.90 Å². The maximum atomic E-state index is 11.1. The van der Waals surface area contributed by atoms with E-state index in [9.17, 15) is 4.79 Å². The molecule has 0 fully saturated rings. The fraction of sp³-hybridized carbons (Fsp3) is 0.923. The number of carboxylic acids is 1. The summed E-state index contributed by atoms with van der Waals surface area (Å²) < 4.78 is 0. The molecule has 0 aromatic rings. The quantitative estimate of drug-likeness (QED) is 0.699. The average molecular weight is 214 g/mol. The molecule has 1 N–H and O–H groups in total. The molecule has 0 heterocycles. The van der Waals surface area contributed by atoms with Crippen LogP contribution in [0.15, 0.2) is 0 Å². The van der Waals surface area contributed by atoms with Crippen molar-refractivity contribution in [2.45, 2.75) is 53.9 Å². The van der Waals surface area contributed by atoms with E-state index in [1.54, 1.807) is 0 Å². The highest BCUT2D eigenvalue weighted by atomic mass is 16.4. The molecule has 0 aliphatic rings. The minimum atomic E-state index is -0.626. The molecule has 0 aliphatic heterocycles. The first-order valence-corrected chi connectivity index (χ1v) is 6.05. The molecule has 0 saturated carbocycles. The Hall–Kier alpha value is -0.530. The zero-order chi connectivity index (χ0) is 12.0. The molecule has 0 aromatic heterocycles. The molecule has 2 unspecified atom stereocenters. The maximum absolute atomic E-state index is 11.1. The maximum Gasteiger partial charge on any atom is 0.306 e. The van der Waals surface area contributed by atoms with Crippen LogP contribution in [0.5, 0.6) is 0 Å². The number of hydrogen-bond donors (Lipinski definition) is 1. The molecule has 0 amide bonds. The molecule has 90 valence electrons. The fourth-order valence-corrected chi connectivity index (χ4v) is 2.25. The minimum Gasteiger partial charge on any atom is -0.481 e. The van der Waals surface area contributed by atoms with Crippen molar-refractivity contribution >= 4 is 5.97 Å². The van der Waals surface area contributed by atoms with E-state index in [2.05, 4.69) is 34.6 Å². The SMILES string of the molecule is CC(C)CC(C)CC(CC(C)C)C(=O)O. The normalized spacial score (nSPS) is 15.7. The van der Waals surface area contributed by atoms with E-state index < -0.39 is 5.97 Å². The summed E-state index contributed by atoms with van der Waals surface area (Å²) in [6.07, 6.45) is 2.76. The van der Waals surface area contributed by atoms with Gasteiger partial charge in [-0.05, 0) is 37.0 Å². The van der Waals surface area contributed by atoms with Crippen molar-refractivity contribution in [1.29, 1.82) is 0 Å². The summed E-state index contributed by atoms with van der Waals surface area (Å²) in [6, 6.07) is 0. The zero-order valence-corrected chi connectivity index (χ0v) is 10.8. The van der Waals surface area contributed by atoms with Crippen LogP contribution < -0.4 is 0 Å². The molecule has 2 atom stereocenters. The van der Waals surface area contributed by atoms with Crippen molar-refractivity contribution in [3.8, 4) is 0 Å². The number of hydrogen-bond acceptors (Lipinski definition) is 1. The lowest BCUT2D eigenvalue weighted by Crippen LogP contribution is -2.19. The van der Waals surface area contributed by atoms with Crippen LogP contribution in [0.25, 0.3) is 0 Å². The van der Waals surface area contributed by atoms with Gasteiger partial charge in [-0.3, -0.25) is 4.79 Å². The number of carbonyl (C=O) groups is 1.